The number of ether oxygens (including phenoxy) is 2. The average molecular weight is 382 g/mol. The molecule has 2 aromatic rings. The van der Waals surface area contributed by atoms with Crippen molar-refractivity contribution in [3.8, 4) is 5.75 Å². The molecule has 0 radical (unpaired) electrons. The lowest BCUT2D eigenvalue weighted by Crippen LogP contribution is -2.26. The van der Waals surface area contributed by atoms with Crippen LogP contribution in [0.1, 0.15) is 41.6 Å². The SMILES string of the molecule is CC[C@@H](NC(=O)/C=C/c1cc([N+](=O)[O-])cc2c1OCOC2)c1ccc(C)cc1. The van der Waals surface area contributed by atoms with Gasteiger partial charge in [0, 0.05) is 29.3 Å². The summed E-state index contributed by atoms with van der Waals surface area (Å²) in [4.78, 5) is 23.1. The average Bonchev–Trinajstić information content (AvgIpc) is 2.70. The molecule has 1 atom stereocenters. The van der Waals surface area contributed by atoms with Crippen LogP contribution in [0.3, 0.4) is 0 Å². The fourth-order valence-corrected chi connectivity index (χ4v) is 3.07. The Labute approximate surface area is 163 Å². The molecule has 1 aliphatic rings. The molecule has 1 heterocycles. The molecule has 2 aromatic carbocycles. The van der Waals surface area contributed by atoms with E-state index in [0.717, 1.165) is 17.5 Å². The summed E-state index contributed by atoms with van der Waals surface area (Å²) < 4.78 is 10.7. The van der Waals surface area contributed by atoms with Crippen molar-refractivity contribution in [1.82, 2.24) is 5.32 Å². The van der Waals surface area contributed by atoms with Crippen molar-refractivity contribution in [3.63, 3.8) is 0 Å². The van der Waals surface area contributed by atoms with Gasteiger partial charge in [-0.25, -0.2) is 0 Å². The van der Waals surface area contributed by atoms with Crippen LogP contribution in [0.2, 0.25) is 0 Å². The van der Waals surface area contributed by atoms with Gasteiger partial charge in [0.25, 0.3) is 5.69 Å². The number of rotatable bonds is 6. The predicted octanol–water partition coefficient (Wildman–Crippen LogP) is 4.05. The van der Waals surface area contributed by atoms with Crippen LogP contribution in [0.25, 0.3) is 6.08 Å². The molecular formula is C21H22N2O5. The van der Waals surface area contributed by atoms with Crippen molar-refractivity contribution in [2.75, 3.05) is 6.79 Å². The van der Waals surface area contributed by atoms with Gasteiger partial charge in [0.15, 0.2) is 6.79 Å². The fourth-order valence-electron chi connectivity index (χ4n) is 3.07. The summed E-state index contributed by atoms with van der Waals surface area (Å²) in [6.45, 7) is 4.32. The van der Waals surface area contributed by atoms with Crippen molar-refractivity contribution in [3.05, 3.63) is 74.8 Å². The van der Waals surface area contributed by atoms with Gasteiger partial charge < -0.3 is 14.8 Å². The van der Waals surface area contributed by atoms with Gasteiger partial charge in [-0.1, -0.05) is 36.8 Å². The Morgan fingerprint density at radius 2 is 2.07 bits per heavy atom. The minimum Gasteiger partial charge on any atom is -0.467 e. The van der Waals surface area contributed by atoms with E-state index < -0.39 is 4.92 Å². The molecule has 0 saturated heterocycles. The van der Waals surface area contributed by atoms with E-state index in [1.807, 2.05) is 38.1 Å². The normalized spacial score (nSPS) is 14.2. The number of aryl methyl sites for hydroxylation is 1. The fraction of sp³-hybridized carbons (Fsp3) is 0.286. The first-order valence-corrected chi connectivity index (χ1v) is 9.05. The van der Waals surface area contributed by atoms with E-state index in [2.05, 4.69) is 5.32 Å². The Morgan fingerprint density at radius 3 is 2.75 bits per heavy atom. The number of nitro benzene ring substituents is 1. The van der Waals surface area contributed by atoms with Crippen molar-refractivity contribution in [1.29, 1.82) is 0 Å². The van der Waals surface area contributed by atoms with Crippen LogP contribution >= 0.6 is 0 Å². The number of carbonyl (C=O) groups is 1. The zero-order chi connectivity index (χ0) is 20.1. The maximum absolute atomic E-state index is 12.4. The lowest BCUT2D eigenvalue weighted by atomic mass is 10.0. The van der Waals surface area contributed by atoms with Gasteiger partial charge in [-0.2, -0.15) is 0 Å². The number of nitrogens with zero attached hydrogens (tertiary/aromatic N) is 1. The number of benzene rings is 2. The highest BCUT2D eigenvalue weighted by Crippen LogP contribution is 2.33. The molecule has 146 valence electrons. The molecule has 0 bridgehead atoms. The standard InChI is InChI=1S/C21H22N2O5/c1-3-19(15-6-4-14(2)5-7-15)22-20(24)9-8-16-10-18(23(25)26)11-17-12-27-13-28-21(16)17/h4-11,19H,3,12-13H2,1-2H3,(H,22,24)/b9-8+/t19-/m1/s1. The second-order valence-corrected chi connectivity index (χ2v) is 6.60. The van der Waals surface area contributed by atoms with E-state index >= 15 is 0 Å². The molecule has 0 aromatic heterocycles. The van der Waals surface area contributed by atoms with E-state index in [-0.39, 0.29) is 31.0 Å². The van der Waals surface area contributed by atoms with Crippen molar-refractivity contribution < 1.29 is 19.2 Å². The monoisotopic (exact) mass is 382 g/mol. The first-order valence-electron chi connectivity index (χ1n) is 9.05. The van der Waals surface area contributed by atoms with Crippen LogP contribution in [0.5, 0.6) is 5.75 Å². The maximum Gasteiger partial charge on any atom is 0.270 e. The lowest BCUT2D eigenvalue weighted by molar-refractivity contribution is -0.385. The topological polar surface area (TPSA) is 90.7 Å². The van der Waals surface area contributed by atoms with Crippen molar-refractivity contribution >= 4 is 17.7 Å². The molecule has 1 amide bonds. The van der Waals surface area contributed by atoms with Crippen molar-refractivity contribution in [2.24, 2.45) is 0 Å². The minimum absolute atomic E-state index is 0.0704. The molecule has 7 nitrogen and oxygen atoms in total. The van der Waals surface area contributed by atoms with E-state index in [1.54, 1.807) is 0 Å². The van der Waals surface area contributed by atoms with Gasteiger partial charge in [-0.3, -0.25) is 14.9 Å². The molecular weight excluding hydrogens is 360 g/mol. The van der Waals surface area contributed by atoms with Crippen LogP contribution in [-0.2, 0) is 16.1 Å². The first kappa shape index (κ1) is 19.6. The van der Waals surface area contributed by atoms with Gasteiger partial charge in [0.1, 0.15) is 5.75 Å². The summed E-state index contributed by atoms with van der Waals surface area (Å²) >= 11 is 0. The quantitative estimate of drug-likeness (QED) is 0.462. The Kier molecular flexibility index (Phi) is 6.06. The molecule has 0 aliphatic carbocycles. The molecule has 7 heteroatoms. The second-order valence-electron chi connectivity index (χ2n) is 6.60. The summed E-state index contributed by atoms with van der Waals surface area (Å²) in [7, 11) is 0. The molecule has 0 spiro atoms. The van der Waals surface area contributed by atoms with Gasteiger partial charge in [-0.15, -0.1) is 0 Å². The van der Waals surface area contributed by atoms with Crippen LogP contribution in [0.15, 0.2) is 42.5 Å². The highest BCUT2D eigenvalue weighted by Gasteiger charge is 2.20. The summed E-state index contributed by atoms with van der Waals surface area (Å²) in [5, 5.41) is 14.1. The summed E-state index contributed by atoms with van der Waals surface area (Å²) in [6, 6.07) is 10.7. The maximum atomic E-state index is 12.4. The van der Waals surface area contributed by atoms with Crippen LogP contribution in [0, 0.1) is 17.0 Å². The zero-order valence-corrected chi connectivity index (χ0v) is 15.8. The highest BCUT2D eigenvalue weighted by atomic mass is 16.7. The number of non-ortho nitro benzene ring substituents is 1. The molecule has 28 heavy (non-hydrogen) atoms. The Morgan fingerprint density at radius 1 is 1.32 bits per heavy atom. The Balaban J connectivity index is 1.78. The number of carbonyl (C=O) groups excluding carboxylic acids is 1. The van der Waals surface area contributed by atoms with E-state index in [0.29, 0.717) is 16.9 Å². The summed E-state index contributed by atoms with van der Waals surface area (Å²) in [6.07, 6.45) is 3.65. The smallest absolute Gasteiger partial charge is 0.270 e. The van der Waals surface area contributed by atoms with Gasteiger partial charge in [0.05, 0.1) is 17.6 Å². The third kappa shape index (κ3) is 4.55. The Bertz CT molecular complexity index is 906. The lowest BCUT2D eigenvalue weighted by Gasteiger charge is -2.19. The summed E-state index contributed by atoms with van der Waals surface area (Å²) in [5.41, 5.74) is 3.18. The molecule has 0 unspecified atom stereocenters. The number of hydrogen-bond donors (Lipinski definition) is 1. The van der Waals surface area contributed by atoms with Crippen LogP contribution < -0.4 is 10.1 Å². The number of hydrogen-bond acceptors (Lipinski definition) is 5. The highest BCUT2D eigenvalue weighted by molar-refractivity contribution is 5.92. The molecule has 0 fully saturated rings. The third-order valence-corrected chi connectivity index (χ3v) is 4.55. The first-order chi connectivity index (χ1) is 13.5. The van der Waals surface area contributed by atoms with Gasteiger partial charge >= 0.3 is 0 Å². The predicted molar refractivity (Wildman–Crippen MR) is 105 cm³/mol. The molecule has 1 N–H and O–H groups in total. The third-order valence-electron chi connectivity index (χ3n) is 4.55. The molecule has 0 saturated carbocycles. The number of amides is 1. The van der Waals surface area contributed by atoms with E-state index in [1.165, 1.54) is 24.3 Å². The minimum atomic E-state index is -0.475. The second kappa shape index (κ2) is 8.67. The largest absolute Gasteiger partial charge is 0.467 e. The van der Waals surface area contributed by atoms with E-state index in [4.69, 9.17) is 9.47 Å². The van der Waals surface area contributed by atoms with Gasteiger partial charge in [-0.05, 0) is 25.0 Å². The number of fused-ring (bicyclic) bond motifs is 1. The molecule has 1 aliphatic heterocycles. The number of nitro groups is 1. The van der Waals surface area contributed by atoms with Crippen LogP contribution in [0.4, 0.5) is 5.69 Å². The van der Waals surface area contributed by atoms with E-state index in [9.17, 15) is 14.9 Å². The summed E-state index contributed by atoms with van der Waals surface area (Å²) in [5.74, 6) is 0.228. The molecule has 3 rings (SSSR count). The van der Waals surface area contributed by atoms with Crippen LogP contribution in [-0.4, -0.2) is 17.6 Å². The number of nitrogens with one attached hydrogen (secondary N) is 1. The zero-order valence-electron chi connectivity index (χ0n) is 15.8. The van der Waals surface area contributed by atoms with Gasteiger partial charge in [0.2, 0.25) is 5.91 Å². The van der Waals surface area contributed by atoms with Crippen molar-refractivity contribution in [2.45, 2.75) is 32.9 Å². The Hall–Kier alpha value is -3.19.